The average Bonchev–Trinajstić information content (AvgIpc) is 2.65. The topological polar surface area (TPSA) is 73.7 Å². The molecule has 142 valence electrons. The SMILES string of the molecule is CC(C)C(O)C(=O)N1CCC2(CCC(=O)N(Cc3ccncc3)C2)CC1. The van der Waals surface area contributed by atoms with E-state index in [0.29, 0.717) is 26.1 Å². The summed E-state index contributed by atoms with van der Waals surface area (Å²) >= 11 is 0. The Bertz CT molecular complexity index is 639. The number of hydrogen-bond acceptors (Lipinski definition) is 4. The van der Waals surface area contributed by atoms with Crippen molar-refractivity contribution < 1.29 is 14.7 Å². The zero-order valence-corrected chi connectivity index (χ0v) is 15.7. The Morgan fingerprint density at radius 3 is 2.50 bits per heavy atom. The molecule has 2 aliphatic rings. The van der Waals surface area contributed by atoms with Crippen LogP contribution in [0, 0.1) is 11.3 Å². The molecule has 0 bridgehead atoms. The smallest absolute Gasteiger partial charge is 0.251 e. The van der Waals surface area contributed by atoms with E-state index < -0.39 is 6.10 Å². The Labute approximate surface area is 155 Å². The molecule has 6 nitrogen and oxygen atoms in total. The van der Waals surface area contributed by atoms with Gasteiger partial charge < -0.3 is 14.9 Å². The van der Waals surface area contributed by atoms with Crippen molar-refractivity contribution in [3.63, 3.8) is 0 Å². The van der Waals surface area contributed by atoms with Gasteiger partial charge in [-0.3, -0.25) is 14.6 Å². The molecule has 0 radical (unpaired) electrons. The fourth-order valence-electron chi connectivity index (χ4n) is 4.04. The third-order valence-corrected chi connectivity index (χ3v) is 5.89. The van der Waals surface area contributed by atoms with E-state index in [0.717, 1.165) is 31.4 Å². The molecule has 0 aliphatic carbocycles. The van der Waals surface area contributed by atoms with Gasteiger partial charge in [0.05, 0.1) is 0 Å². The molecule has 2 saturated heterocycles. The number of hydrogen-bond donors (Lipinski definition) is 1. The first kappa shape index (κ1) is 18.8. The van der Waals surface area contributed by atoms with Crippen LogP contribution < -0.4 is 0 Å². The van der Waals surface area contributed by atoms with E-state index in [4.69, 9.17) is 0 Å². The minimum absolute atomic E-state index is 0.0680. The number of carbonyl (C=O) groups is 2. The molecule has 0 saturated carbocycles. The van der Waals surface area contributed by atoms with Crippen LogP contribution in [-0.2, 0) is 16.1 Å². The number of amides is 2. The number of rotatable bonds is 4. The van der Waals surface area contributed by atoms with Gasteiger partial charge in [-0.1, -0.05) is 13.8 Å². The second-order valence-electron chi connectivity index (χ2n) is 8.12. The summed E-state index contributed by atoms with van der Waals surface area (Å²) in [5.41, 5.74) is 1.19. The minimum atomic E-state index is -0.917. The quantitative estimate of drug-likeness (QED) is 0.890. The maximum Gasteiger partial charge on any atom is 0.251 e. The molecule has 1 atom stereocenters. The molecule has 26 heavy (non-hydrogen) atoms. The van der Waals surface area contributed by atoms with E-state index in [1.54, 1.807) is 17.3 Å². The monoisotopic (exact) mass is 359 g/mol. The molecule has 2 fully saturated rings. The molecule has 3 rings (SSSR count). The first-order valence-electron chi connectivity index (χ1n) is 9.54. The van der Waals surface area contributed by atoms with Crippen LogP contribution in [0.25, 0.3) is 0 Å². The second kappa shape index (κ2) is 7.74. The van der Waals surface area contributed by atoms with Crippen molar-refractivity contribution in [2.75, 3.05) is 19.6 Å². The molecular formula is C20H29N3O3. The summed E-state index contributed by atoms with van der Waals surface area (Å²) in [5, 5.41) is 10.0. The van der Waals surface area contributed by atoms with Crippen LogP contribution in [0.1, 0.15) is 45.1 Å². The number of carbonyl (C=O) groups excluding carboxylic acids is 2. The number of piperidine rings is 2. The Morgan fingerprint density at radius 1 is 1.23 bits per heavy atom. The van der Waals surface area contributed by atoms with Gasteiger partial charge in [0.1, 0.15) is 6.10 Å². The Balaban J connectivity index is 1.61. The Kier molecular flexibility index (Phi) is 5.61. The third kappa shape index (κ3) is 4.06. The summed E-state index contributed by atoms with van der Waals surface area (Å²) < 4.78 is 0. The molecule has 2 amide bonds. The van der Waals surface area contributed by atoms with E-state index in [9.17, 15) is 14.7 Å². The molecular weight excluding hydrogens is 330 g/mol. The maximum absolute atomic E-state index is 12.4. The summed E-state index contributed by atoms with van der Waals surface area (Å²) in [4.78, 5) is 32.5. The van der Waals surface area contributed by atoms with Crippen LogP contribution in [0.5, 0.6) is 0 Å². The van der Waals surface area contributed by atoms with Gasteiger partial charge in [0.25, 0.3) is 5.91 Å². The Hall–Kier alpha value is -1.95. The van der Waals surface area contributed by atoms with Crippen LogP contribution in [0.15, 0.2) is 24.5 Å². The van der Waals surface area contributed by atoms with E-state index >= 15 is 0 Å². The van der Waals surface area contributed by atoms with E-state index in [1.165, 1.54) is 0 Å². The number of pyridine rings is 1. The molecule has 1 N–H and O–H groups in total. The van der Waals surface area contributed by atoms with Gasteiger partial charge in [0, 0.05) is 45.0 Å². The highest BCUT2D eigenvalue weighted by molar-refractivity contribution is 5.81. The van der Waals surface area contributed by atoms with Crippen molar-refractivity contribution in [1.29, 1.82) is 0 Å². The molecule has 1 aromatic heterocycles. The lowest BCUT2D eigenvalue weighted by Gasteiger charge is -2.47. The van der Waals surface area contributed by atoms with Gasteiger partial charge in [-0.15, -0.1) is 0 Å². The normalized spacial score (nSPS) is 21.3. The van der Waals surface area contributed by atoms with E-state index in [1.807, 2.05) is 30.9 Å². The van der Waals surface area contributed by atoms with Gasteiger partial charge in [0.15, 0.2) is 0 Å². The van der Waals surface area contributed by atoms with Crippen LogP contribution >= 0.6 is 0 Å². The molecule has 6 heteroatoms. The fraction of sp³-hybridized carbons (Fsp3) is 0.650. The number of nitrogens with zero attached hydrogens (tertiary/aromatic N) is 3. The minimum Gasteiger partial charge on any atom is -0.383 e. The van der Waals surface area contributed by atoms with Crippen molar-refractivity contribution in [3.8, 4) is 0 Å². The first-order chi connectivity index (χ1) is 12.4. The fourth-order valence-corrected chi connectivity index (χ4v) is 4.04. The predicted molar refractivity (Wildman–Crippen MR) is 98.0 cm³/mol. The number of aromatic nitrogens is 1. The number of aliphatic hydroxyl groups is 1. The van der Waals surface area contributed by atoms with Crippen molar-refractivity contribution in [2.45, 2.75) is 52.2 Å². The van der Waals surface area contributed by atoms with Gasteiger partial charge >= 0.3 is 0 Å². The van der Waals surface area contributed by atoms with E-state index in [-0.39, 0.29) is 23.1 Å². The van der Waals surface area contributed by atoms with Crippen molar-refractivity contribution in [1.82, 2.24) is 14.8 Å². The van der Waals surface area contributed by atoms with Gasteiger partial charge in [-0.25, -0.2) is 0 Å². The third-order valence-electron chi connectivity index (χ3n) is 5.89. The average molecular weight is 359 g/mol. The summed E-state index contributed by atoms with van der Waals surface area (Å²) in [6.07, 6.45) is 5.85. The number of likely N-dealkylation sites (tertiary alicyclic amines) is 2. The molecule has 1 aromatic rings. The van der Waals surface area contributed by atoms with Crippen molar-refractivity contribution in [3.05, 3.63) is 30.1 Å². The highest BCUT2D eigenvalue weighted by Gasteiger charge is 2.42. The largest absolute Gasteiger partial charge is 0.383 e. The molecule has 0 aromatic carbocycles. The lowest BCUT2D eigenvalue weighted by atomic mass is 9.72. The molecule has 3 heterocycles. The zero-order chi connectivity index (χ0) is 18.7. The summed E-state index contributed by atoms with van der Waals surface area (Å²) in [5.74, 6) is -0.0157. The summed E-state index contributed by atoms with van der Waals surface area (Å²) in [6.45, 7) is 6.43. The Morgan fingerprint density at radius 2 is 1.88 bits per heavy atom. The highest BCUT2D eigenvalue weighted by Crippen LogP contribution is 2.40. The van der Waals surface area contributed by atoms with Crippen LogP contribution in [0.4, 0.5) is 0 Å². The second-order valence-corrected chi connectivity index (χ2v) is 8.12. The maximum atomic E-state index is 12.4. The van der Waals surface area contributed by atoms with Crippen LogP contribution in [0.3, 0.4) is 0 Å². The van der Waals surface area contributed by atoms with E-state index in [2.05, 4.69) is 4.98 Å². The van der Waals surface area contributed by atoms with Crippen LogP contribution in [0.2, 0.25) is 0 Å². The predicted octanol–water partition coefficient (Wildman–Crippen LogP) is 1.83. The molecule has 1 unspecified atom stereocenters. The number of aliphatic hydroxyl groups excluding tert-OH is 1. The molecule has 1 spiro atoms. The van der Waals surface area contributed by atoms with Gasteiger partial charge in [0.2, 0.25) is 5.91 Å². The lowest BCUT2D eigenvalue weighted by Crippen LogP contribution is -2.53. The standard InChI is InChI=1S/C20H29N3O3/c1-15(2)18(25)19(26)22-11-7-20(8-12-22)6-3-17(24)23(14-20)13-16-4-9-21-10-5-16/h4-5,9-10,15,18,25H,3,6-8,11-14H2,1-2H3. The van der Waals surface area contributed by atoms with Crippen molar-refractivity contribution in [2.24, 2.45) is 11.3 Å². The van der Waals surface area contributed by atoms with Crippen molar-refractivity contribution >= 4 is 11.8 Å². The highest BCUT2D eigenvalue weighted by atomic mass is 16.3. The van der Waals surface area contributed by atoms with Crippen LogP contribution in [-0.4, -0.2) is 57.4 Å². The summed E-state index contributed by atoms with van der Waals surface area (Å²) in [6, 6.07) is 3.90. The first-order valence-corrected chi connectivity index (χ1v) is 9.54. The van der Waals surface area contributed by atoms with Gasteiger partial charge in [-0.2, -0.15) is 0 Å². The lowest BCUT2D eigenvalue weighted by molar-refractivity contribution is -0.148. The van der Waals surface area contributed by atoms with Gasteiger partial charge in [-0.05, 0) is 48.3 Å². The summed E-state index contributed by atoms with van der Waals surface area (Å²) in [7, 11) is 0. The molecule has 2 aliphatic heterocycles. The zero-order valence-electron chi connectivity index (χ0n) is 15.7.